The van der Waals surface area contributed by atoms with Gasteiger partial charge in [-0.2, -0.15) is 0 Å². The fourth-order valence-corrected chi connectivity index (χ4v) is 2.93. The highest BCUT2D eigenvalue weighted by atomic mass is 16.1. The number of nitrogens with zero attached hydrogens (tertiary/aromatic N) is 2. The zero-order chi connectivity index (χ0) is 18.2. The lowest BCUT2D eigenvalue weighted by molar-refractivity contribution is -0.116. The summed E-state index contributed by atoms with van der Waals surface area (Å²) in [5.41, 5.74) is 3.24. The van der Waals surface area contributed by atoms with Gasteiger partial charge in [0.15, 0.2) is 0 Å². The van der Waals surface area contributed by atoms with Gasteiger partial charge in [-0.15, -0.1) is 0 Å². The van der Waals surface area contributed by atoms with Gasteiger partial charge in [-0.3, -0.25) is 9.78 Å². The normalized spacial score (nSPS) is 13.5. The minimum absolute atomic E-state index is 0.0559. The van der Waals surface area contributed by atoms with Crippen molar-refractivity contribution in [3.8, 4) is 0 Å². The first-order valence-corrected chi connectivity index (χ1v) is 8.91. The summed E-state index contributed by atoms with van der Waals surface area (Å²) in [4.78, 5) is 18.5. The van der Waals surface area contributed by atoms with Crippen LogP contribution in [-0.4, -0.2) is 36.4 Å². The molecule has 1 N–H and O–H groups in total. The number of anilines is 1. The van der Waals surface area contributed by atoms with E-state index in [0.29, 0.717) is 18.3 Å². The Morgan fingerprint density at radius 1 is 1.12 bits per heavy atom. The summed E-state index contributed by atoms with van der Waals surface area (Å²) < 4.78 is 0. The largest absolute Gasteiger partial charge is 0.326 e. The van der Waals surface area contributed by atoms with Crippen molar-refractivity contribution < 1.29 is 4.79 Å². The van der Waals surface area contributed by atoms with Gasteiger partial charge >= 0.3 is 0 Å². The van der Waals surface area contributed by atoms with E-state index in [-0.39, 0.29) is 5.91 Å². The van der Waals surface area contributed by atoms with Crippen molar-refractivity contribution in [3.63, 3.8) is 0 Å². The predicted octanol–water partition coefficient (Wildman–Crippen LogP) is 4.27. The summed E-state index contributed by atoms with van der Waals surface area (Å²) in [6.07, 6.45) is 3.37. The Bertz CT molecular complexity index is 670. The molecule has 1 heterocycles. The topological polar surface area (TPSA) is 45.2 Å². The lowest BCUT2D eigenvalue weighted by atomic mass is 9.89. The van der Waals surface area contributed by atoms with Crippen molar-refractivity contribution >= 4 is 11.6 Å². The predicted molar refractivity (Wildman–Crippen MR) is 104 cm³/mol. The van der Waals surface area contributed by atoms with Crippen LogP contribution in [-0.2, 0) is 4.79 Å². The van der Waals surface area contributed by atoms with Gasteiger partial charge in [0.05, 0.1) is 0 Å². The summed E-state index contributed by atoms with van der Waals surface area (Å²) in [7, 11) is 3.94. The first-order chi connectivity index (χ1) is 12.0. The van der Waals surface area contributed by atoms with Crippen LogP contribution in [0.5, 0.6) is 0 Å². The Kier molecular flexibility index (Phi) is 7.14. The average molecular weight is 339 g/mol. The molecule has 1 aromatic heterocycles. The highest BCUT2D eigenvalue weighted by Crippen LogP contribution is 2.29. The standard InChI is InChI=1S/C21H29N3O/c1-16(14-17(2)20-10-5-6-12-22-20)18-8-7-9-19(15-18)23-21(25)11-13-24(3)4/h5-10,12,15-17H,11,13-14H2,1-4H3,(H,23,25). The van der Waals surface area contributed by atoms with Crippen LogP contribution in [0.2, 0.25) is 0 Å². The lowest BCUT2D eigenvalue weighted by Gasteiger charge is -2.18. The number of aromatic nitrogens is 1. The monoisotopic (exact) mass is 339 g/mol. The molecule has 0 saturated heterocycles. The van der Waals surface area contributed by atoms with Gasteiger partial charge < -0.3 is 10.2 Å². The van der Waals surface area contributed by atoms with E-state index >= 15 is 0 Å². The first-order valence-electron chi connectivity index (χ1n) is 8.91. The maximum absolute atomic E-state index is 12.0. The summed E-state index contributed by atoms with van der Waals surface area (Å²) in [6.45, 7) is 5.20. The highest BCUT2D eigenvalue weighted by molar-refractivity contribution is 5.90. The van der Waals surface area contributed by atoms with E-state index in [4.69, 9.17) is 0 Å². The number of pyridine rings is 1. The molecule has 0 fully saturated rings. The van der Waals surface area contributed by atoms with Crippen molar-refractivity contribution in [1.82, 2.24) is 9.88 Å². The molecule has 25 heavy (non-hydrogen) atoms. The van der Waals surface area contributed by atoms with E-state index in [0.717, 1.165) is 24.3 Å². The number of rotatable bonds is 8. The van der Waals surface area contributed by atoms with Gasteiger partial charge in [-0.05, 0) is 62.2 Å². The van der Waals surface area contributed by atoms with Crippen LogP contribution in [0.15, 0.2) is 48.7 Å². The Labute approximate surface area is 151 Å². The number of hydrogen-bond donors (Lipinski definition) is 1. The molecule has 0 saturated carbocycles. The highest BCUT2D eigenvalue weighted by Gasteiger charge is 2.14. The van der Waals surface area contributed by atoms with Crippen molar-refractivity contribution in [1.29, 1.82) is 0 Å². The minimum atomic E-state index is 0.0559. The zero-order valence-electron chi connectivity index (χ0n) is 15.7. The Morgan fingerprint density at radius 3 is 2.60 bits per heavy atom. The molecule has 0 spiro atoms. The molecule has 1 aromatic carbocycles. The van der Waals surface area contributed by atoms with E-state index < -0.39 is 0 Å². The van der Waals surface area contributed by atoms with Crippen molar-refractivity contribution in [2.75, 3.05) is 26.0 Å². The van der Waals surface area contributed by atoms with Crippen LogP contribution in [0.3, 0.4) is 0 Å². The first kappa shape index (κ1) is 19.1. The molecule has 2 unspecified atom stereocenters. The molecule has 2 atom stereocenters. The van der Waals surface area contributed by atoms with E-state index in [1.54, 1.807) is 0 Å². The lowest BCUT2D eigenvalue weighted by Crippen LogP contribution is -2.20. The fraction of sp³-hybridized carbons (Fsp3) is 0.429. The smallest absolute Gasteiger partial charge is 0.225 e. The minimum Gasteiger partial charge on any atom is -0.326 e. The van der Waals surface area contributed by atoms with Crippen LogP contribution >= 0.6 is 0 Å². The number of nitrogens with one attached hydrogen (secondary N) is 1. The van der Waals surface area contributed by atoms with Crippen LogP contribution in [0.1, 0.15) is 49.8 Å². The molecule has 1 amide bonds. The quantitative estimate of drug-likeness (QED) is 0.781. The van der Waals surface area contributed by atoms with E-state index in [9.17, 15) is 4.79 Å². The summed E-state index contributed by atoms with van der Waals surface area (Å²) in [5.74, 6) is 0.852. The van der Waals surface area contributed by atoms with Crippen LogP contribution < -0.4 is 5.32 Å². The number of hydrogen-bond acceptors (Lipinski definition) is 3. The van der Waals surface area contributed by atoms with Gasteiger partial charge in [0.25, 0.3) is 0 Å². The maximum Gasteiger partial charge on any atom is 0.225 e. The second kappa shape index (κ2) is 9.33. The van der Waals surface area contributed by atoms with E-state index in [2.05, 4.69) is 42.3 Å². The fourth-order valence-electron chi connectivity index (χ4n) is 2.93. The number of benzene rings is 1. The van der Waals surface area contributed by atoms with Gasteiger partial charge in [-0.1, -0.05) is 32.0 Å². The third-order valence-electron chi connectivity index (χ3n) is 4.43. The second-order valence-electron chi connectivity index (χ2n) is 7.02. The summed E-state index contributed by atoms with van der Waals surface area (Å²) in [5, 5.41) is 3.00. The molecule has 0 aliphatic heterocycles. The molecule has 2 aromatic rings. The molecule has 2 rings (SSSR count). The van der Waals surface area contributed by atoms with Crippen LogP contribution in [0, 0.1) is 0 Å². The molecule has 4 heteroatoms. The molecule has 0 aliphatic rings. The van der Waals surface area contributed by atoms with Gasteiger partial charge in [-0.25, -0.2) is 0 Å². The average Bonchev–Trinajstić information content (AvgIpc) is 2.61. The molecular formula is C21H29N3O. The molecule has 0 radical (unpaired) electrons. The third-order valence-corrected chi connectivity index (χ3v) is 4.43. The Balaban J connectivity index is 1.96. The molecular weight excluding hydrogens is 310 g/mol. The van der Waals surface area contributed by atoms with E-state index in [1.165, 1.54) is 5.56 Å². The summed E-state index contributed by atoms with van der Waals surface area (Å²) in [6, 6.07) is 14.2. The number of carbonyl (C=O) groups is 1. The zero-order valence-corrected chi connectivity index (χ0v) is 15.7. The van der Waals surface area contributed by atoms with Crippen molar-refractivity contribution in [2.45, 2.75) is 38.5 Å². The van der Waals surface area contributed by atoms with Crippen molar-refractivity contribution in [3.05, 3.63) is 59.9 Å². The number of amides is 1. The molecule has 0 aliphatic carbocycles. The molecule has 134 valence electrons. The van der Waals surface area contributed by atoms with Gasteiger partial charge in [0.2, 0.25) is 5.91 Å². The third kappa shape index (κ3) is 6.31. The van der Waals surface area contributed by atoms with Crippen molar-refractivity contribution in [2.24, 2.45) is 0 Å². The SMILES string of the molecule is CC(CC(C)c1ccccn1)c1cccc(NC(=O)CCN(C)C)c1. The van der Waals surface area contributed by atoms with Crippen LogP contribution in [0.4, 0.5) is 5.69 Å². The van der Waals surface area contributed by atoms with Gasteiger partial charge in [0, 0.05) is 30.5 Å². The Morgan fingerprint density at radius 2 is 1.92 bits per heavy atom. The molecule has 4 nitrogen and oxygen atoms in total. The second-order valence-corrected chi connectivity index (χ2v) is 7.02. The number of carbonyl (C=O) groups excluding carboxylic acids is 1. The van der Waals surface area contributed by atoms with E-state index in [1.807, 2.05) is 49.5 Å². The van der Waals surface area contributed by atoms with Gasteiger partial charge in [0.1, 0.15) is 0 Å². The Hall–Kier alpha value is -2.20. The maximum atomic E-state index is 12.0. The van der Waals surface area contributed by atoms with Crippen LogP contribution in [0.25, 0.3) is 0 Å². The molecule has 0 bridgehead atoms. The summed E-state index contributed by atoms with van der Waals surface area (Å²) >= 11 is 0.